The lowest BCUT2D eigenvalue weighted by Gasteiger charge is -2.40. The monoisotopic (exact) mass is 662 g/mol. The Hall–Kier alpha value is -5.46. The van der Waals surface area contributed by atoms with Gasteiger partial charge in [-0.2, -0.15) is 0 Å². The molecule has 13 rings (SSSR count). The molecule has 0 saturated heterocycles. The second-order valence-corrected chi connectivity index (χ2v) is 17.0. The minimum absolute atomic E-state index is 0.326. The van der Waals surface area contributed by atoms with E-state index in [2.05, 4.69) is 149 Å². The molecule has 0 nitrogen and oxygen atoms in total. The lowest BCUT2D eigenvalue weighted by atomic mass is 9.62. The topological polar surface area (TPSA) is 0 Å². The Morgan fingerprint density at radius 1 is 0.404 bits per heavy atom. The summed E-state index contributed by atoms with van der Waals surface area (Å²) in [6, 6.07) is 23.9. The summed E-state index contributed by atoms with van der Waals surface area (Å²) in [6.07, 6.45) is 24.3. The lowest BCUT2D eigenvalue weighted by molar-refractivity contribution is 0.707. The van der Waals surface area contributed by atoms with Gasteiger partial charge >= 0.3 is 0 Å². The number of hydrogen-bond donors (Lipinski definition) is 0. The first-order chi connectivity index (χ1) is 25.5. The van der Waals surface area contributed by atoms with Crippen LogP contribution in [0.2, 0.25) is 0 Å². The predicted molar refractivity (Wildman–Crippen MR) is 221 cm³/mol. The molecule has 5 aromatic rings. The largest absolute Gasteiger partial charge is 0.0767 e. The van der Waals surface area contributed by atoms with Crippen molar-refractivity contribution in [1.82, 2.24) is 0 Å². The molecule has 0 heterocycles. The van der Waals surface area contributed by atoms with Gasteiger partial charge in [0.2, 0.25) is 0 Å². The molecule has 0 spiro atoms. The summed E-state index contributed by atoms with van der Waals surface area (Å²) in [5.41, 5.74) is 26.5. The van der Waals surface area contributed by atoms with Crippen LogP contribution in [-0.2, 0) is 0 Å². The summed E-state index contributed by atoms with van der Waals surface area (Å²) in [4.78, 5) is 0. The highest BCUT2D eigenvalue weighted by atomic mass is 14.5. The van der Waals surface area contributed by atoms with E-state index in [1.165, 1.54) is 99.5 Å². The molecule has 0 amide bonds. The highest BCUT2D eigenvalue weighted by Crippen LogP contribution is 2.66. The van der Waals surface area contributed by atoms with Crippen LogP contribution in [0, 0.1) is 23.7 Å². The van der Waals surface area contributed by atoms with Crippen molar-refractivity contribution >= 4 is 55.0 Å². The van der Waals surface area contributed by atoms with Crippen LogP contribution in [0.4, 0.5) is 0 Å². The summed E-state index contributed by atoms with van der Waals surface area (Å²) in [5, 5.41) is 5.83. The number of fused-ring (bicyclic) bond motifs is 12. The Morgan fingerprint density at radius 2 is 0.827 bits per heavy atom. The third-order valence-electron chi connectivity index (χ3n) is 14.0. The minimum atomic E-state index is 0.326. The van der Waals surface area contributed by atoms with E-state index < -0.39 is 0 Å². The standard InChI is InChI=1S/C52H38/c1-25(2)44-42-23-40-30-13-7-9-27-10-8-14-31(46(27)30)41(40)24-43(42)45(26(3)4)52-39-22-20-37-35-18-16-33-29-12-6-5-11-28(29)32-15-17-34(48(35)47(32)33)36-19-21-38(51(44)52)50(39)49(36)37/h5-27,46,49-50H,1-4H3. The molecule has 8 aliphatic carbocycles. The van der Waals surface area contributed by atoms with Gasteiger partial charge in [0.05, 0.1) is 0 Å². The van der Waals surface area contributed by atoms with E-state index in [4.69, 9.17) is 0 Å². The first-order valence-electron chi connectivity index (χ1n) is 19.5. The van der Waals surface area contributed by atoms with Crippen molar-refractivity contribution in [1.29, 1.82) is 0 Å². The molecule has 0 radical (unpaired) electrons. The van der Waals surface area contributed by atoms with Gasteiger partial charge < -0.3 is 0 Å². The van der Waals surface area contributed by atoms with E-state index in [1.54, 1.807) is 22.3 Å². The summed E-state index contributed by atoms with van der Waals surface area (Å²) >= 11 is 0. The normalized spacial score (nSPS) is 23.9. The molecule has 0 fully saturated rings. The molecular formula is C52H38. The van der Waals surface area contributed by atoms with Gasteiger partial charge in [0, 0.05) is 23.7 Å². The SMILES string of the molecule is CC(C)c1c2c(c(C(C)C)c3cc4c(cc13)C1=CC=CC3C=CC=C4C13)C1=CC=C3c4ccc5c6c(ccc(c46)C4=CC=C2C1C43)-c1ccccc1-5. The molecule has 0 N–H and O–H groups in total. The quantitative estimate of drug-likeness (QED) is 0.173. The molecular weight excluding hydrogens is 625 g/mol. The number of hydrogen-bond acceptors (Lipinski definition) is 0. The zero-order valence-corrected chi connectivity index (χ0v) is 30.0. The summed E-state index contributed by atoms with van der Waals surface area (Å²) in [7, 11) is 0. The average Bonchev–Trinajstić information content (AvgIpc) is 3.79. The molecule has 0 heteroatoms. The molecule has 246 valence electrons. The second kappa shape index (κ2) is 9.30. The van der Waals surface area contributed by atoms with Gasteiger partial charge in [-0.05, 0) is 146 Å². The zero-order valence-electron chi connectivity index (χ0n) is 30.0. The van der Waals surface area contributed by atoms with E-state index in [-0.39, 0.29) is 0 Å². The van der Waals surface area contributed by atoms with Gasteiger partial charge in [0.1, 0.15) is 0 Å². The fourth-order valence-corrected chi connectivity index (χ4v) is 12.2. The molecule has 0 bridgehead atoms. The van der Waals surface area contributed by atoms with Crippen LogP contribution in [0.15, 0.2) is 121 Å². The van der Waals surface area contributed by atoms with Gasteiger partial charge in [0.25, 0.3) is 0 Å². The molecule has 0 aliphatic heterocycles. The van der Waals surface area contributed by atoms with E-state index in [9.17, 15) is 0 Å². The van der Waals surface area contributed by atoms with Crippen LogP contribution in [0.1, 0.15) is 84.0 Å². The first-order valence-corrected chi connectivity index (χ1v) is 19.5. The predicted octanol–water partition coefficient (Wildman–Crippen LogP) is 13.6. The summed E-state index contributed by atoms with van der Waals surface area (Å²) < 4.78 is 0. The van der Waals surface area contributed by atoms with Crippen molar-refractivity contribution in [3.63, 3.8) is 0 Å². The van der Waals surface area contributed by atoms with E-state index >= 15 is 0 Å². The highest BCUT2D eigenvalue weighted by molar-refractivity contribution is 6.24. The smallest absolute Gasteiger partial charge is 0.0212 e. The molecule has 0 atom stereocenters. The number of allylic oxidation sites excluding steroid dienone is 16. The average molecular weight is 663 g/mol. The van der Waals surface area contributed by atoms with Crippen LogP contribution in [0.5, 0.6) is 0 Å². The Morgan fingerprint density at radius 3 is 1.33 bits per heavy atom. The van der Waals surface area contributed by atoms with Crippen LogP contribution in [-0.4, -0.2) is 0 Å². The fourth-order valence-electron chi connectivity index (χ4n) is 12.2. The molecule has 8 aliphatic rings. The van der Waals surface area contributed by atoms with Gasteiger partial charge in [-0.25, -0.2) is 0 Å². The van der Waals surface area contributed by atoms with Gasteiger partial charge in [-0.15, -0.1) is 0 Å². The fraction of sp³-hybridized carbons (Fsp3) is 0.192. The van der Waals surface area contributed by atoms with Crippen molar-refractivity contribution in [3.8, 4) is 22.3 Å². The third kappa shape index (κ3) is 3.08. The minimum Gasteiger partial charge on any atom is -0.0767 e. The number of rotatable bonds is 2. The lowest BCUT2D eigenvalue weighted by Crippen LogP contribution is -2.25. The maximum atomic E-state index is 2.62. The molecule has 0 aromatic heterocycles. The highest BCUT2D eigenvalue weighted by Gasteiger charge is 2.49. The number of benzene rings is 5. The van der Waals surface area contributed by atoms with E-state index in [0.717, 1.165) is 0 Å². The molecule has 0 unspecified atom stereocenters. The maximum absolute atomic E-state index is 2.62. The van der Waals surface area contributed by atoms with Crippen molar-refractivity contribution in [2.24, 2.45) is 23.7 Å². The van der Waals surface area contributed by atoms with Crippen molar-refractivity contribution in [2.75, 3.05) is 0 Å². The van der Waals surface area contributed by atoms with Crippen molar-refractivity contribution in [3.05, 3.63) is 166 Å². The van der Waals surface area contributed by atoms with Crippen molar-refractivity contribution < 1.29 is 0 Å². The van der Waals surface area contributed by atoms with E-state index in [0.29, 0.717) is 35.5 Å². The van der Waals surface area contributed by atoms with Gasteiger partial charge in [-0.3, -0.25) is 0 Å². The van der Waals surface area contributed by atoms with Crippen LogP contribution >= 0.6 is 0 Å². The molecule has 0 saturated carbocycles. The van der Waals surface area contributed by atoms with Crippen molar-refractivity contribution in [2.45, 2.75) is 39.5 Å². The third-order valence-corrected chi connectivity index (χ3v) is 14.0. The van der Waals surface area contributed by atoms with Crippen LogP contribution < -0.4 is 0 Å². The van der Waals surface area contributed by atoms with Gasteiger partial charge in [0.15, 0.2) is 0 Å². The first kappa shape index (κ1) is 28.2. The van der Waals surface area contributed by atoms with Crippen LogP contribution in [0.3, 0.4) is 0 Å². The summed E-state index contributed by atoms with van der Waals surface area (Å²) in [6.45, 7) is 9.72. The zero-order chi connectivity index (χ0) is 34.3. The van der Waals surface area contributed by atoms with Gasteiger partial charge in [-0.1, -0.05) is 137 Å². The Bertz CT molecular complexity index is 2710. The Balaban J connectivity index is 1.11. The molecule has 5 aromatic carbocycles. The Kier molecular flexibility index (Phi) is 5.04. The Labute approximate surface area is 305 Å². The summed E-state index contributed by atoms with van der Waals surface area (Å²) in [5.74, 6) is 2.35. The second-order valence-electron chi connectivity index (χ2n) is 17.0. The maximum Gasteiger partial charge on any atom is 0.0212 e. The van der Waals surface area contributed by atoms with E-state index in [1.807, 2.05) is 0 Å². The molecule has 52 heavy (non-hydrogen) atoms. The van der Waals surface area contributed by atoms with Crippen LogP contribution in [0.25, 0.3) is 77.2 Å².